The SMILES string of the molecule is COc1ccc(OC)c(NCC(=O)Nc2ccc(Cl)cc2C(F)(F)F)c1. The number of anilines is 2. The largest absolute Gasteiger partial charge is 0.497 e. The van der Waals surface area contributed by atoms with Crippen molar-refractivity contribution in [2.45, 2.75) is 6.18 Å². The van der Waals surface area contributed by atoms with Gasteiger partial charge in [-0.3, -0.25) is 4.79 Å². The lowest BCUT2D eigenvalue weighted by Crippen LogP contribution is -2.23. The summed E-state index contributed by atoms with van der Waals surface area (Å²) in [5.74, 6) is 0.328. The molecule has 0 aromatic heterocycles. The molecule has 0 aliphatic rings. The number of alkyl halides is 3. The lowest BCUT2D eigenvalue weighted by Gasteiger charge is -2.15. The minimum absolute atomic E-state index is 0.0745. The van der Waals surface area contributed by atoms with Crippen molar-refractivity contribution in [2.75, 3.05) is 31.4 Å². The lowest BCUT2D eigenvalue weighted by molar-refractivity contribution is -0.137. The van der Waals surface area contributed by atoms with Gasteiger partial charge in [-0.15, -0.1) is 0 Å². The average Bonchev–Trinajstić information content (AvgIpc) is 2.60. The number of halogens is 4. The summed E-state index contributed by atoms with van der Waals surface area (Å²) in [4.78, 5) is 12.1. The molecule has 5 nitrogen and oxygen atoms in total. The highest BCUT2D eigenvalue weighted by molar-refractivity contribution is 6.30. The van der Waals surface area contributed by atoms with E-state index in [4.69, 9.17) is 21.1 Å². The van der Waals surface area contributed by atoms with Crippen LogP contribution in [0.4, 0.5) is 24.5 Å². The Morgan fingerprint density at radius 3 is 2.42 bits per heavy atom. The molecule has 0 atom stereocenters. The van der Waals surface area contributed by atoms with Crippen LogP contribution in [0, 0.1) is 0 Å². The van der Waals surface area contributed by atoms with Crippen molar-refractivity contribution in [2.24, 2.45) is 0 Å². The second-order valence-electron chi connectivity index (χ2n) is 5.16. The van der Waals surface area contributed by atoms with Crippen LogP contribution in [0.25, 0.3) is 0 Å². The van der Waals surface area contributed by atoms with E-state index in [1.165, 1.54) is 20.3 Å². The summed E-state index contributed by atoms with van der Waals surface area (Å²) in [5, 5.41) is 4.96. The smallest absolute Gasteiger partial charge is 0.418 e. The molecule has 0 spiro atoms. The average molecular weight is 389 g/mol. The van der Waals surface area contributed by atoms with Gasteiger partial charge in [0.1, 0.15) is 11.5 Å². The van der Waals surface area contributed by atoms with Crippen LogP contribution in [0.15, 0.2) is 36.4 Å². The van der Waals surface area contributed by atoms with Crippen LogP contribution in [0.1, 0.15) is 5.56 Å². The fraction of sp³-hybridized carbons (Fsp3) is 0.235. The van der Waals surface area contributed by atoms with Gasteiger partial charge in [-0.05, 0) is 30.3 Å². The number of ether oxygens (including phenoxy) is 2. The van der Waals surface area contributed by atoms with E-state index in [0.717, 1.165) is 12.1 Å². The molecule has 0 bridgehead atoms. The first-order valence-corrected chi connectivity index (χ1v) is 7.75. The predicted molar refractivity (Wildman–Crippen MR) is 93.1 cm³/mol. The zero-order valence-corrected chi connectivity index (χ0v) is 14.7. The number of rotatable bonds is 6. The summed E-state index contributed by atoms with van der Waals surface area (Å²) in [6.45, 7) is -0.274. The first kappa shape index (κ1) is 19.7. The van der Waals surface area contributed by atoms with Crippen LogP contribution in [0.5, 0.6) is 11.5 Å². The van der Waals surface area contributed by atoms with Crippen molar-refractivity contribution in [3.8, 4) is 11.5 Å². The van der Waals surface area contributed by atoms with Gasteiger partial charge in [-0.1, -0.05) is 11.6 Å². The molecule has 0 radical (unpaired) electrons. The van der Waals surface area contributed by atoms with E-state index in [-0.39, 0.29) is 17.3 Å². The molecular weight excluding hydrogens is 373 g/mol. The van der Waals surface area contributed by atoms with Crippen LogP contribution in [-0.2, 0) is 11.0 Å². The summed E-state index contributed by atoms with van der Waals surface area (Å²) >= 11 is 5.61. The minimum atomic E-state index is -4.64. The summed E-state index contributed by atoms with van der Waals surface area (Å²) < 4.78 is 49.4. The maximum Gasteiger partial charge on any atom is 0.418 e. The van der Waals surface area contributed by atoms with Gasteiger partial charge in [0.2, 0.25) is 5.91 Å². The molecular formula is C17H16ClF3N2O3. The fourth-order valence-electron chi connectivity index (χ4n) is 2.18. The number of methoxy groups -OCH3 is 2. The van der Waals surface area contributed by atoms with Crippen LogP contribution < -0.4 is 20.1 Å². The van der Waals surface area contributed by atoms with Gasteiger partial charge in [0.15, 0.2) is 0 Å². The molecule has 140 valence electrons. The molecule has 0 saturated carbocycles. The number of nitrogens with one attached hydrogen (secondary N) is 2. The van der Waals surface area contributed by atoms with E-state index in [1.807, 2.05) is 0 Å². The van der Waals surface area contributed by atoms with E-state index in [9.17, 15) is 18.0 Å². The lowest BCUT2D eigenvalue weighted by atomic mass is 10.1. The van der Waals surface area contributed by atoms with Crippen LogP contribution in [0.2, 0.25) is 5.02 Å². The van der Waals surface area contributed by atoms with Crippen molar-refractivity contribution >= 4 is 28.9 Å². The van der Waals surface area contributed by atoms with Gasteiger partial charge in [-0.25, -0.2) is 0 Å². The monoisotopic (exact) mass is 388 g/mol. The molecule has 26 heavy (non-hydrogen) atoms. The molecule has 0 unspecified atom stereocenters. The number of hydrogen-bond donors (Lipinski definition) is 2. The van der Waals surface area contributed by atoms with Crippen LogP contribution >= 0.6 is 11.6 Å². The topological polar surface area (TPSA) is 59.6 Å². The normalized spacial score (nSPS) is 11.0. The van der Waals surface area contributed by atoms with Gasteiger partial charge in [-0.2, -0.15) is 13.2 Å². The fourth-order valence-corrected chi connectivity index (χ4v) is 2.35. The van der Waals surface area contributed by atoms with Gasteiger partial charge in [0.05, 0.1) is 37.7 Å². The molecule has 0 aliphatic carbocycles. The quantitative estimate of drug-likeness (QED) is 0.768. The van der Waals surface area contributed by atoms with Crippen molar-refractivity contribution in [1.82, 2.24) is 0 Å². The molecule has 2 rings (SSSR count). The van der Waals surface area contributed by atoms with Crippen LogP contribution in [-0.4, -0.2) is 26.7 Å². The Morgan fingerprint density at radius 1 is 1.08 bits per heavy atom. The highest BCUT2D eigenvalue weighted by atomic mass is 35.5. The highest BCUT2D eigenvalue weighted by Gasteiger charge is 2.34. The van der Waals surface area contributed by atoms with Gasteiger partial charge in [0, 0.05) is 11.1 Å². The Bertz CT molecular complexity index is 797. The molecule has 0 saturated heterocycles. The third-order valence-electron chi connectivity index (χ3n) is 3.41. The summed E-state index contributed by atoms with van der Waals surface area (Å²) in [6.07, 6.45) is -4.64. The van der Waals surface area contributed by atoms with E-state index in [0.29, 0.717) is 17.2 Å². The van der Waals surface area contributed by atoms with E-state index in [1.54, 1.807) is 18.2 Å². The maximum absolute atomic E-state index is 13.1. The molecule has 2 aromatic carbocycles. The van der Waals surface area contributed by atoms with Gasteiger partial charge >= 0.3 is 6.18 Å². The van der Waals surface area contributed by atoms with Crippen molar-refractivity contribution in [3.63, 3.8) is 0 Å². The predicted octanol–water partition coefficient (Wildman–Crippen LogP) is 4.43. The number of amides is 1. The first-order chi connectivity index (χ1) is 12.2. The van der Waals surface area contributed by atoms with Crippen molar-refractivity contribution in [1.29, 1.82) is 0 Å². The van der Waals surface area contributed by atoms with Gasteiger partial charge in [0.25, 0.3) is 0 Å². The molecule has 2 aromatic rings. The van der Waals surface area contributed by atoms with Gasteiger partial charge < -0.3 is 20.1 Å². The third kappa shape index (κ3) is 4.95. The van der Waals surface area contributed by atoms with E-state index < -0.39 is 17.6 Å². The minimum Gasteiger partial charge on any atom is -0.497 e. The highest BCUT2D eigenvalue weighted by Crippen LogP contribution is 2.36. The molecule has 0 fully saturated rings. The van der Waals surface area contributed by atoms with E-state index >= 15 is 0 Å². The number of hydrogen-bond acceptors (Lipinski definition) is 4. The summed E-state index contributed by atoms with van der Waals surface area (Å²) in [7, 11) is 2.94. The molecule has 2 N–H and O–H groups in total. The standard InChI is InChI=1S/C17H16ClF3N2O3/c1-25-11-4-6-15(26-2)14(8-11)22-9-16(24)23-13-5-3-10(18)7-12(13)17(19,20)21/h3-8,22H,9H2,1-2H3,(H,23,24). The zero-order valence-electron chi connectivity index (χ0n) is 13.9. The third-order valence-corrected chi connectivity index (χ3v) is 3.64. The Morgan fingerprint density at radius 2 is 1.81 bits per heavy atom. The Hall–Kier alpha value is -2.61. The number of carbonyl (C=O) groups excluding carboxylic acids is 1. The van der Waals surface area contributed by atoms with E-state index in [2.05, 4.69) is 10.6 Å². The Balaban J connectivity index is 2.11. The molecule has 0 aliphatic heterocycles. The zero-order chi connectivity index (χ0) is 19.3. The van der Waals surface area contributed by atoms with Crippen LogP contribution in [0.3, 0.4) is 0 Å². The number of carbonyl (C=O) groups is 1. The summed E-state index contributed by atoms with van der Waals surface area (Å²) in [5.41, 5.74) is -0.919. The van der Waals surface area contributed by atoms with Crippen molar-refractivity contribution < 1.29 is 27.4 Å². The first-order valence-electron chi connectivity index (χ1n) is 7.37. The molecule has 1 amide bonds. The summed E-state index contributed by atoms with van der Waals surface area (Å²) in [6, 6.07) is 8.05. The second kappa shape index (κ2) is 8.18. The number of benzene rings is 2. The molecule has 0 heterocycles. The maximum atomic E-state index is 13.1. The van der Waals surface area contributed by atoms with Crippen molar-refractivity contribution in [3.05, 3.63) is 47.0 Å². The molecule has 9 heteroatoms. The second-order valence-corrected chi connectivity index (χ2v) is 5.59. The Kier molecular flexibility index (Phi) is 6.20. The Labute approximate surface area is 153 Å².